The van der Waals surface area contributed by atoms with Gasteiger partial charge in [-0.25, -0.2) is 4.98 Å². The van der Waals surface area contributed by atoms with Crippen LogP contribution in [0.25, 0.3) is 10.2 Å². The highest BCUT2D eigenvalue weighted by Crippen LogP contribution is 2.25. The van der Waals surface area contributed by atoms with Gasteiger partial charge in [0.2, 0.25) is 5.91 Å². The van der Waals surface area contributed by atoms with Crippen LogP contribution in [0.15, 0.2) is 24.3 Å². The molecule has 0 saturated heterocycles. The van der Waals surface area contributed by atoms with Crippen molar-refractivity contribution in [3.05, 3.63) is 29.3 Å². The van der Waals surface area contributed by atoms with Gasteiger partial charge in [0.15, 0.2) is 0 Å². The third kappa shape index (κ3) is 3.60. The lowest BCUT2D eigenvalue weighted by molar-refractivity contribution is -0.121. The summed E-state index contributed by atoms with van der Waals surface area (Å²) >= 11 is 1.65. The summed E-state index contributed by atoms with van der Waals surface area (Å²) in [6.45, 7) is 0.597. The fourth-order valence-electron chi connectivity index (χ4n) is 2.84. The number of thiazole rings is 1. The van der Waals surface area contributed by atoms with Crippen molar-refractivity contribution in [3.63, 3.8) is 0 Å². The number of carbonyl (C=O) groups is 1. The lowest BCUT2D eigenvalue weighted by Gasteiger charge is -2.14. The van der Waals surface area contributed by atoms with Gasteiger partial charge in [-0.05, 0) is 25.0 Å². The summed E-state index contributed by atoms with van der Waals surface area (Å²) in [5, 5.41) is 13.7. The topological polar surface area (TPSA) is 62.2 Å². The second-order valence-electron chi connectivity index (χ2n) is 5.64. The molecule has 1 aromatic carbocycles. The van der Waals surface area contributed by atoms with E-state index in [1.54, 1.807) is 11.3 Å². The quantitative estimate of drug-likeness (QED) is 0.892. The first-order valence-corrected chi connectivity index (χ1v) is 8.33. The van der Waals surface area contributed by atoms with Gasteiger partial charge >= 0.3 is 0 Å². The molecule has 1 saturated carbocycles. The van der Waals surface area contributed by atoms with Gasteiger partial charge < -0.3 is 10.4 Å². The molecule has 3 rings (SSSR count). The van der Waals surface area contributed by atoms with Crippen molar-refractivity contribution in [1.82, 2.24) is 10.3 Å². The fourth-order valence-corrected chi connectivity index (χ4v) is 3.80. The first kappa shape index (κ1) is 14.5. The second kappa shape index (κ2) is 6.54. The van der Waals surface area contributed by atoms with E-state index in [4.69, 9.17) is 0 Å². The summed E-state index contributed by atoms with van der Waals surface area (Å²) in [6.07, 6.45) is 3.84. The van der Waals surface area contributed by atoms with E-state index in [0.717, 1.165) is 29.8 Å². The van der Waals surface area contributed by atoms with Gasteiger partial charge in [0.1, 0.15) is 0 Å². The van der Waals surface area contributed by atoms with Gasteiger partial charge in [-0.15, -0.1) is 11.3 Å². The zero-order valence-corrected chi connectivity index (χ0v) is 12.7. The molecular formula is C16H20N2O2S. The van der Waals surface area contributed by atoms with Crippen LogP contribution < -0.4 is 5.32 Å². The maximum Gasteiger partial charge on any atom is 0.220 e. The molecule has 1 aromatic heterocycles. The minimum absolute atomic E-state index is 0.0494. The summed E-state index contributed by atoms with van der Waals surface area (Å²) in [6, 6.07) is 8.03. The summed E-state index contributed by atoms with van der Waals surface area (Å²) in [5.41, 5.74) is 1.01. The van der Waals surface area contributed by atoms with Crippen molar-refractivity contribution in [2.45, 2.75) is 38.2 Å². The van der Waals surface area contributed by atoms with Gasteiger partial charge in [-0.3, -0.25) is 4.79 Å². The second-order valence-corrected chi connectivity index (χ2v) is 6.75. The molecule has 2 N–H and O–H groups in total. The Morgan fingerprint density at radius 2 is 2.24 bits per heavy atom. The highest BCUT2D eigenvalue weighted by molar-refractivity contribution is 7.18. The zero-order chi connectivity index (χ0) is 14.7. The molecular weight excluding hydrogens is 284 g/mol. The van der Waals surface area contributed by atoms with E-state index in [9.17, 15) is 9.90 Å². The highest BCUT2D eigenvalue weighted by atomic mass is 32.1. The monoisotopic (exact) mass is 304 g/mol. The molecule has 0 spiro atoms. The van der Waals surface area contributed by atoms with Crippen LogP contribution in [0.4, 0.5) is 0 Å². The van der Waals surface area contributed by atoms with Crippen LogP contribution in [0, 0.1) is 5.92 Å². The summed E-state index contributed by atoms with van der Waals surface area (Å²) in [5.74, 6) is 0.282. The summed E-state index contributed by atoms with van der Waals surface area (Å²) in [7, 11) is 0. The molecule has 1 amide bonds. The lowest BCUT2D eigenvalue weighted by Crippen LogP contribution is -2.32. The number of nitrogens with one attached hydrogen (secondary N) is 1. The van der Waals surface area contributed by atoms with Crippen LogP contribution in [-0.2, 0) is 11.2 Å². The van der Waals surface area contributed by atoms with Crippen molar-refractivity contribution in [2.24, 2.45) is 5.92 Å². The van der Waals surface area contributed by atoms with Crippen LogP contribution >= 0.6 is 11.3 Å². The number of nitrogens with zero attached hydrogens (tertiary/aromatic N) is 1. The molecule has 1 aliphatic carbocycles. The Morgan fingerprint density at radius 3 is 3.00 bits per heavy atom. The number of benzene rings is 1. The molecule has 0 aliphatic heterocycles. The SMILES string of the molecule is O=C(CCc1nc2ccccc2s1)NCC1CCCC1O. The van der Waals surface area contributed by atoms with E-state index in [1.807, 2.05) is 18.2 Å². The summed E-state index contributed by atoms with van der Waals surface area (Å²) in [4.78, 5) is 16.4. The molecule has 0 radical (unpaired) electrons. The minimum atomic E-state index is -0.241. The third-order valence-electron chi connectivity index (χ3n) is 4.08. The molecule has 1 heterocycles. The van der Waals surface area contributed by atoms with E-state index in [1.165, 1.54) is 4.70 Å². The van der Waals surface area contributed by atoms with Gasteiger partial charge in [-0.2, -0.15) is 0 Å². The van der Waals surface area contributed by atoms with Gasteiger partial charge in [0.25, 0.3) is 0 Å². The van der Waals surface area contributed by atoms with Gasteiger partial charge in [0, 0.05) is 25.3 Å². The van der Waals surface area contributed by atoms with Crippen molar-refractivity contribution >= 4 is 27.5 Å². The smallest absolute Gasteiger partial charge is 0.220 e. The number of aromatic nitrogens is 1. The molecule has 4 nitrogen and oxygen atoms in total. The number of hydrogen-bond acceptors (Lipinski definition) is 4. The maximum absolute atomic E-state index is 11.9. The third-order valence-corrected chi connectivity index (χ3v) is 5.18. The average molecular weight is 304 g/mol. The standard InChI is InChI=1S/C16H20N2O2S/c19-13-6-3-4-11(13)10-17-15(20)8-9-16-18-12-5-1-2-7-14(12)21-16/h1-2,5,7,11,13,19H,3-4,6,8-10H2,(H,17,20). The zero-order valence-electron chi connectivity index (χ0n) is 11.9. The normalized spacial score (nSPS) is 21.8. The van der Waals surface area contributed by atoms with Gasteiger partial charge in [-0.1, -0.05) is 18.6 Å². The van der Waals surface area contributed by atoms with E-state index < -0.39 is 0 Å². The van der Waals surface area contributed by atoms with Crippen LogP contribution in [-0.4, -0.2) is 28.6 Å². The Labute approximate surface area is 128 Å². The predicted octanol–water partition coefficient (Wildman–Crippen LogP) is 2.51. The van der Waals surface area contributed by atoms with Crippen molar-refractivity contribution < 1.29 is 9.90 Å². The number of rotatable bonds is 5. The number of aliphatic hydroxyl groups excluding tert-OH is 1. The lowest BCUT2D eigenvalue weighted by atomic mass is 10.1. The van der Waals surface area contributed by atoms with Crippen LogP contribution in [0.1, 0.15) is 30.7 Å². The number of aryl methyl sites for hydroxylation is 1. The molecule has 5 heteroatoms. The predicted molar refractivity (Wildman–Crippen MR) is 84.3 cm³/mol. The molecule has 112 valence electrons. The minimum Gasteiger partial charge on any atom is -0.393 e. The van der Waals surface area contributed by atoms with Crippen molar-refractivity contribution in [2.75, 3.05) is 6.54 Å². The Kier molecular flexibility index (Phi) is 4.51. The first-order chi connectivity index (χ1) is 10.2. The average Bonchev–Trinajstić information content (AvgIpc) is 3.08. The van der Waals surface area contributed by atoms with Crippen LogP contribution in [0.5, 0.6) is 0 Å². The molecule has 1 aliphatic rings. The number of fused-ring (bicyclic) bond motifs is 1. The van der Waals surface area contributed by atoms with Crippen molar-refractivity contribution in [3.8, 4) is 0 Å². The molecule has 2 aromatic rings. The highest BCUT2D eigenvalue weighted by Gasteiger charge is 2.25. The number of aliphatic hydroxyl groups is 1. The van der Waals surface area contributed by atoms with Crippen LogP contribution in [0.2, 0.25) is 0 Å². The Bertz CT molecular complexity index is 593. The molecule has 2 atom stereocenters. The molecule has 2 unspecified atom stereocenters. The number of para-hydroxylation sites is 1. The Morgan fingerprint density at radius 1 is 1.38 bits per heavy atom. The van der Waals surface area contributed by atoms with E-state index >= 15 is 0 Å². The molecule has 21 heavy (non-hydrogen) atoms. The fraction of sp³-hybridized carbons (Fsp3) is 0.500. The van der Waals surface area contributed by atoms with Gasteiger partial charge in [0.05, 0.1) is 21.3 Å². The largest absolute Gasteiger partial charge is 0.393 e. The molecule has 1 fully saturated rings. The Hall–Kier alpha value is -1.46. The Balaban J connectivity index is 1.47. The van der Waals surface area contributed by atoms with E-state index in [2.05, 4.69) is 16.4 Å². The number of hydrogen-bond donors (Lipinski definition) is 2. The maximum atomic E-state index is 11.9. The van der Waals surface area contributed by atoms with Crippen LogP contribution in [0.3, 0.4) is 0 Å². The number of carbonyl (C=O) groups excluding carboxylic acids is 1. The van der Waals surface area contributed by atoms with E-state index in [-0.39, 0.29) is 17.9 Å². The summed E-state index contributed by atoms with van der Waals surface area (Å²) < 4.78 is 1.17. The van der Waals surface area contributed by atoms with Crippen molar-refractivity contribution in [1.29, 1.82) is 0 Å². The number of amides is 1. The molecule has 0 bridgehead atoms. The van der Waals surface area contributed by atoms with E-state index in [0.29, 0.717) is 19.4 Å². The first-order valence-electron chi connectivity index (χ1n) is 7.51.